The topological polar surface area (TPSA) is 119 Å². The number of sulfone groups is 1. The summed E-state index contributed by atoms with van der Waals surface area (Å²) in [6, 6.07) is 3.13. The van der Waals surface area contributed by atoms with Crippen molar-refractivity contribution in [2.24, 2.45) is 5.73 Å². The number of anilines is 1. The van der Waals surface area contributed by atoms with Gasteiger partial charge in [-0.05, 0) is 18.2 Å². The minimum absolute atomic E-state index is 0.0268. The van der Waals surface area contributed by atoms with Crippen molar-refractivity contribution in [3.8, 4) is 5.75 Å². The smallest absolute Gasteiger partial charge is 0.316 e. The Bertz CT molecular complexity index is 541. The monoisotopic (exact) mass is 274 g/mol. The lowest BCUT2D eigenvalue weighted by Gasteiger charge is -2.10. The first-order valence-electron chi connectivity index (χ1n) is 4.99. The molecule has 0 aliphatic carbocycles. The second-order valence-electron chi connectivity index (χ2n) is 3.39. The third kappa shape index (κ3) is 3.34. The van der Waals surface area contributed by atoms with Crippen LogP contribution in [0.4, 0.5) is 10.5 Å². The Kier molecular flexibility index (Phi) is 4.51. The van der Waals surface area contributed by atoms with E-state index in [-0.39, 0.29) is 16.3 Å². The second-order valence-corrected chi connectivity index (χ2v) is 5.50. The Morgan fingerprint density at radius 2 is 2.17 bits per heavy atom. The number of methoxy groups -OCH3 is 1. The van der Waals surface area contributed by atoms with Crippen LogP contribution in [-0.2, 0) is 9.84 Å². The van der Waals surface area contributed by atoms with Crippen molar-refractivity contribution in [3.05, 3.63) is 18.2 Å². The van der Waals surface area contributed by atoms with Crippen LogP contribution >= 0.6 is 0 Å². The van der Waals surface area contributed by atoms with Crippen LogP contribution in [0, 0.1) is 0 Å². The Morgan fingerprint density at radius 1 is 1.50 bits per heavy atom. The van der Waals surface area contributed by atoms with E-state index in [0.717, 1.165) is 0 Å². The summed E-state index contributed by atoms with van der Waals surface area (Å²) in [5, 5.41) is 11.0. The fourth-order valence-electron chi connectivity index (χ4n) is 1.35. The number of hydrogen-bond donors (Lipinski definition) is 3. The molecular weight excluding hydrogens is 260 g/mol. The molecule has 1 aromatic carbocycles. The first-order valence-corrected chi connectivity index (χ1v) is 6.64. The van der Waals surface area contributed by atoms with Crippen molar-refractivity contribution in [2.75, 3.05) is 24.8 Å². The number of carbonyl (C=O) groups excluding carboxylic acids is 1. The number of benzene rings is 1. The number of hydrogen-bond acceptors (Lipinski definition) is 5. The molecule has 0 spiro atoms. The zero-order chi connectivity index (χ0) is 13.8. The second kappa shape index (κ2) is 5.69. The number of urea groups is 1. The fraction of sp³-hybridized carbons (Fsp3) is 0.300. The molecule has 0 fully saturated rings. The van der Waals surface area contributed by atoms with Crippen LogP contribution < -0.4 is 15.8 Å². The number of rotatable bonds is 5. The van der Waals surface area contributed by atoms with Crippen LogP contribution in [0.2, 0.25) is 0 Å². The van der Waals surface area contributed by atoms with Gasteiger partial charge in [-0.15, -0.1) is 0 Å². The van der Waals surface area contributed by atoms with Gasteiger partial charge in [0.1, 0.15) is 5.75 Å². The molecule has 0 aliphatic heterocycles. The van der Waals surface area contributed by atoms with E-state index in [4.69, 9.17) is 15.6 Å². The molecule has 0 atom stereocenters. The zero-order valence-corrected chi connectivity index (χ0v) is 10.5. The number of aliphatic hydroxyl groups excluding tert-OH is 1. The van der Waals surface area contributed by atoms with Crippen molar-refractivity contribution < 1.29 is 23.1 Å². The van der Waals surface area contributed by atoms with E-state index in [1.54, 1.807) is 0 Å². The molecule has 4 N–H and O–H groups in total. The number of amides is 2. The highest BCUT2D eigenvalue weighted by Gasteiger charge is 2.16. The Balaban J connectivity index is 3.22. The molecule has 0 saturated heterocycles. The van der Waals surface area contributed by atoms with Gasteiger partial charge < -0.3 is 20.9 Å². The van der Waals surface area contributed by atoms with E-state index in [1.807, 2.05) is 0 Å². The van der Waals surface area contributed by atoms with Crippen molar-refractivity contribution in [2.45, 2.75) is 4.90 Å². The highest BCUT2D eigenvalue weighted by atomic mass is 32.2. The maximum atomic E-state index is 11.7. The Labute approximate surface area is 104 Å². The number of aliphatic hydroxyl groups is 1. The van der Waals surface area contributed by atoms with Gasteiger partial charge in [0, 0.05) is 0 Å². The predicted molar refractivity (Wildman–Crippen MR) is 65.3 cm³/mol. The minimum atomic E-state index is -3.59. The standard InChI is InChI=1S/C10H14N2O5S/c1-17-9-3-2-7(18(15,16)5-4-13)6-8(9)12-10(11)14/h2-3,6,13H,4-5H2,1H3,(H3,11,12,14). The molecule has 8 heteroatoms. The maximum absolute atomic E-state index is 11.7. The van der Waals surface area contributed by atoms with Crippen LogP contribution in [0.25, 0.3) is 0 Å². The highest BCUT2D eigenvalue weighted by Crippen LogP contribution is 2.27. The van der Waals surface area contributed by atoms with E-state index < -0.39 is 28.2 Å². The highest BCUT2D eigenvalue weighted by molar-refractivity contribution is 7.91. The summed E-state index contributed by atoms with van der Waals surface area (Å²) in [6.07, 6.45) is 0. The average Bonchev–Trinajstić information content (AvgIpc) is 2.28. The van der Waals surface area contributed by atoms with Crippen LogP contribution in [0.1, 0.15) is 0 Å². The van der Waals surface area contributed by atoms with E-state index >= 15 is 0 Å². The summed E-state index contributed by atoms with van der Waals surface area (Å²) in [5.74, 6) is -0.105. The molecule has 0 bridgehead atoms. The molecule has 0 saturated carbocycles. The summed E-state index contributed by atoms with van der Waals surface area (Å²) in [4.78, 5) is 10.8. The quantitative estimate of drug-likeness (QED) is 0.695. The van der Waals surface area contributed by atoms with Gasteiger partial charge >= 0.3 is 6.03 Å². The van der Waals surface area contributed by atoms with Gasteiger partial charge in [-0.25, -0.2) is 13.2 Å². The van der Waals surface area contributed by atoms with Gasteiger partial charge in [-0.2, -0.15) is 0 Å². The lowest BCUT2D eigenvalue weighted by molar-refractivity contribution is 0.259. The van der Waals surface area contributed by atoms with Crippen LogP contribution in [0.5, 0.6) is 5.75 Å². The summed E-state index contributed by atoms with van der Waals surface area (Å²) < 4.78 is 28.4. The Hall–Kier alpha value is -1.80. The molecule has 0 aromatic heterocycles. The maximum Gasteiger partial charge on any atom is 0.316 e. The lowest BCUT2D eigenvalue weighted by Crippen LogP contribution is -2.20. The number of primary amides is 1. The molecular formula is C10H14N2O5S. The van der Waals surface area contributed by atoms with Crippen LogP contribution in [0.3, 0.4) is 0 Å². The molecule has 18 heavy (non-hydrogen) atoms. The van der Waals surface area contributed by atoms with Gasteiger partial charge in [-0.3, -0.25) is 0 Å². The molecule has 0 aliphatic rings. The SMILES string of the molecule is COc1ccc(S(=O)(=O)CCO)cc1NC(N)=O. The zero-order valence-electron chi connectivity index (χ0n) is 9.71. The molecule has 2 amide bonds. The fourth-order valence-corrected chi connectivity index (χ4v) is 2.40. The minimum Gasteiger partial charge on any atom is -0.495 e. The first-order chi connectivity index (χ1) is 8.40. The predicted octanol–water partition coefficient (Wildman–Crippen LogP) is -0.0482. The normalized spacial score (nSPS) is 11.0. The van der Waals surface area contributed by atoms with Crippen molar-refractivity contribution >= 4 is 21.6 Å². The molecule has 0 radical (unpaired) electrons. The largest absolute Gasteiger partial charge is 0.495 e. The van der Waals surface area contributed by atoms with E-state index in [0.29, 0.717) is 0 Å². The summed E-state index contributed by atoms with van der Waals surface area (Å²) in [7, 11) is -2.21. The third-order valence-corrected chi connectivity index (χ3v) is 3.84. The van der Waals surface area contributed by atoms with Crippen molar-refractivity contribution in [1.82, 2.24) is 0 Å². The molecule has 7 nitrogen and oxygen atoms in total. The van der Waals surface area contributed by atoms with Crippen molar-refractivity contribution in [3.63, 3.8) is 0 Å². The van der Waals surface area contributed by atoms with E-state index in [1.165, 1.54) is 25.3 Å². The number of nitrogens with two attached hydrogens (primary N) is 1. The summed E-state index contributed by atoms with van der Waals surface area (Å²) >= 11 is 0. The average molecular weight is 274 g/mol. The van der Waals surface area contributed by atoms with Crippen LogP contribution in [-0.4, -0.2) is 39.0 Å². The molecule has 0 unspecified atom stereocenters. The third-order valence-electron chi connectivity index (χ3n) is 2.15. The lowest BCUT2D eigenvalue weighted by atomic mass is 10.3. The molecule has 100 valence electrons. The number of carbonyl (C=O) groups is 1. The number of ether oxygens (including phenoxy) is 1. The number of nitrogens with one attached hydrogen (secondary N) is 1. The summed E-state index contributed by atoms with van der Waals surface area (Å²) in [6.45, 7) is -0.479. The molecule has 0 heterocycles. The summed E-state index contributed by atoms with van der Waals surface area (Å²) in [5.41, 5.74) is 5.13. The van der Waals surface area contributed by atoms with E-state index in [2.05, 4.69) is 5.32 Å². The molecule has 1 rings (SSSR count). The van der Waals surface area contributed by atoms with Gasteiger partial charge in [0.2, 0.25) is 0 Å². The van der Waals surface area contributed by atoms with Gasteiger partial charge in [0.05, 0.1) is 30.1 Å². The first kappa shape index (κ1) is 14.3. The van der Waals surface area contributed by atoms with E-state index in [9.17, 15) is 13.2 Å². The Morgan fingerprint density at radius 3 is 2.67 bits per heavy atom. The van der Waals surface area contributed by atoms with Gasteiger partial charge in [0.25, 0.3) is 0 Å². The van der Waals surface area contributed by atoms with Crippen molar-refractivity contribution in [1.29, 1.82) is 0 Å². The molecule has 1 aromatic rings. The van der Waals surface area contributed by atoms with Crippen LogP contribution in [0.15, 0.2) is 23.1 Å². The van der Waals surface area contributed by atoms with Gasteiger partial charge in [-0.1, -0.05) is 0 Å². The van der Waals surface area contributed by atoms with Gasteiger partial charge in [0.15, 0.2) is 9.84 Å².